The van der Waals surface area contributed by atoms with E-state index in [-0.39, 0.29) is 18.5 Å². The van der Waals surface area contributed by atoms with Gasteiger partial charge in [0.05, 0.1) is 0 Å². The number of rotatable bonds is 1. The molecule has 1 aliphatic carbocycles. The molecule has 100 valence electrons. The van der Waals surface area contributed by atoms with Crippen LogP contribution in [0.1, 0.15) is 40.0 Å². The summed E-state index contributed by atoms with van der Waals surface area (Å²) in [6.07, 6.45) is 3.26. The van der Waals surface area contributed by atoms with Crippen LogP contribution in [0.3, 0.4) is 0 Å². The summed E-state index contributed by atoms with van der Waals surface area (Å²) in [6.45, 7) is 7.81. The number of nitrogens with one attached hydrogen (secondary N) is 2. The molecule has 0 aromatic carbocycles. The highest BCUT2D eigenvalue weighted by Gasteiger charge is 2.55. The van der Waals surface area contributed by atoms with Crippen molar-refractivity contribution in [2.24, 2.45) is 5.41 Å². The third-order valence-electron chi connectivity index (χ3n) is 3.39. The van der Waals surface area contributed by atoms with Crippen LogP contribution in [0.25, 0.3) is 0 Å². The maximum Gasteiger partial charge on any atom is 0.407 e. The lowest BCUT2D eigenvalue weighted by molar-refractivity contribution is 0.0514. The zero-order valence-electron chi connectivity index (χ0n) is 10.8. The molecule has 1 amide bonds. The highest BCUT2D eigenvalue weighted by atomic mass is 35.5. The number of amides is 1. The Morgan fingerprint density at radius 1 is 1.47 bits per heavy atom. The molecule has 2 atom stereocenters. The van der Waals surface area contributed by atoms with Crippen molar-refractivity contribution in [1.82, 2.24) is 10.6 Å². The molecule has 1 heterocycles. The van der Waals surface area contributed by atoms with E-state index in [1.807, 2.05) is 20.8 Å². The van der Waals surface area contributed by atoms with Gasteiger partial charge in [-0.15, -0.1) is 12.4 Å². The van der Waals surface area contributed by atoms with Crippen LogP contribution in [-0.2, 0) is 4.74 Å². The molecule has 0 aromatic heterocycles. The Hall–Kier alpha value is -0.480. The average Bonchev–Trinajstić information content (AvgIpc) is 2.75. The topological polar surface area (TPSA) is 50.4 Å². The molecule has 5 heteroatoms. The van der Waals surface area contributed by atoms with Crippen LogP contribution < -0.4 is 10.6 Å². The summed E-state index contributed by atoms with van der Waals surface area (Å²) >= 11 is 0. The van der Waals surface area contributed by atoms with Crippen LogP contribution in [0.15, 0.2) is 0 Å². The number of alkyl carbamates (subject to hydrolysis) is 1. The van der Waals surface area contributed by atoms with E-state index in [0.29, 0.717) is 11.5 Å². The van der Waals surface area contributed by atoms with Gasteiger partial charge in [0.2, 0.25) is 0 Å². The van der Waals surface area contributed by atoms with Gasteiger partial charge >= 0.3 is 6.09 Å². The first-order valence-corrected chi connectivity index (χ1v) is 6.12. The second-order valence-corrected chi connectivity index (χ2v) is 6.05. The number of halogens is 1. The Kier molecular flexibility index (Phi) is 4.31. The van der Waals surface area contributed by atoms with Crippen molar-refractivity contribution in [1.29, 1.82) is 0 Å². The lowest BCUT2D eigenvalue weighted by Gasteiger charge is -2.24. The van der Waals surface area contributed by atoms with Gasteiger partial charge in [0.1, 0.15) is 5.60 Å². The zero-order chi connectivity index (χ0) is 11.8. The first-order chi connectivity index (χ1) is 7.41. The van der Waals surface area contributed by atoms with E-state index < -0.39 is 5.60 Å². The van der Waals surface area contributed by atoms with E-state index >= 15 is 0 Å². The maximum atomic E-state index is 11.6. The summed E-state index contributed by atoms with van der Waals surface area (Å²) in [4.78, 5) is 11.6. The Morgan fingerprint density at radius 2 is 2.18 bits per heavy atom. The van der Waals surface area contributed by atoms with Gasteiger partial charge in [-0.3, -0.25) is 0 Å². The summed E-state index contributed by atoms with van der Waals surface area (Å²) in [7, 11) is 0. The number of hydrogen-bond donors (Lipinski definition) is 2. The van der Waals surface area contributed by atoms with Gasteiger partial charge in [0.25, 0.3) is 0 Å². The predicted octanol–water partition coefficient (Wildman–Crippen LogP) is 2.08. The van der Waals surface area contributed by atoms with E-state index in [2.05, 4.69) is 10.6 Å². The molecule has 0 bridgehead atoms. The molecule has 2 rings (SSSR count). The van der Waals surface area contributed by atoms with Crippen LogP contribution in [0.5, 0.6) is 0 Å². The molecule has 1 spiro atoms. The lowest BCUT2D eigenvalue weighted by Crippen LogP contribution is -2.40. The Labute approximate surface area is 109 Å². The molecule has 2 unspecified atom stereocenters. The van der Waals surface area contributed by atoms with Gasteiger partial charge in [-0.2, -0.15) is 0 Å². The SMILES string of the molecule is CC(C)(C)OC(=O)NC1CC12CCCNC2.Cl. The molecule has 1 saturated carbocycles. The third-order valence-corrected chi connectivity index (χ3v) is 3.39. The van der Waals surface area contributed by atoms with Crippen molar-refractivity contribution in [2.45, 2.75) is 51.7 Å². The number of carbonyl (C=O) groups is 1. The second kappa shape index (κ2) is 5.02. The van der Waals surface area contributed by atoms with Crippen molar-refractivity contribution in [3.8, 4) is 0 Å². The minimum absolute atomic E-state index is 0. The van der Waals surface area contributed by atoms with Crippen molar-refractivity contribution >= 4 is 18.5 Å². The van der Waals surface area contributed by atoms with Crippen molar-refractivity contribution in [2.75, 3.05) is 13.1 Å². The third kappa shape index (κ3) is 3.75. The number of piperidine rings is 1. The van der Waals surface area contributed by atoms with Crippen LogP contribution in [0.4, 0.5) is 4.79 Å². The Balaban J connectivity index is 0.00000144. The molecule has 1 aliphatic heterocycles. The standard InChI is InChI=1S/C12H22N2O2.ClH/c1-11(2,3)16-10(15)14-9-7-12(9)5-4-6-13-8-12;/h9,13H,4-8H2,1-3H3,(H,14,15);1H. The van der Waals surface area contributed by atoms with Crippen LogP contribution in [0.2, 0.25) is 0 Å². The molecule has 17 heavy (non-hydrogen) atoms. The summed E-state index contributed by atoms with van der Waals surface area (Å²) in [5.41, 5.74) is -0.0773. The van der Waals surface area contributed by atoms with E-state index in [9.17, 15) is 4.79 Å². The normalized spacial score (nSPS) is 31.6. The second-order valence-electron chi connectivity index (χ2n) is 6.05. The Morgan fingerprint density at radius 3 is 2.71 bits per heavy atom. The minimum atomic E-state index is -0.406. The van der Waals surface area contributed by atoms with Crippen LogP contribution in [-0.4, -0.2) is 30.8 Å². The monoisotopic (exact) mass is 262 g/mol. The van der Waals surface area contributed by atoms with Crippen molar-refractivity contribution in [3.05, 3.63) is 0 Å². The average molecular weight is 263 g/mol. The van der Waals surface area contributed by atoms with Gasteiger partial charge in [0, 0.05) is 18.0 Å². The minimum Gasteiger partial charge on any atom is -0.444 e. The van der Waals surface area contributed by atoms with Crippen LogP contribution in [0, 0.1) is 5.41 Å². The quantitative estimate of drug-likeness (QED) is 0.761. The molecule has 0 aromatic rings. The molecule has 2 fully saturated rings. The number of hydrogen-bond acceptors (Lipinski definition) is 3. The van der Waals surface area contributed by atoms with Gasteiger partial charge in [-0.1, -0.05) is 0 Å². The fourth-order valence-corrected chi connectivity index (χ4v) is 2.46. The largest absolute Gasteiger partial charge is 0.444 e. The fraction of sp³-hybridized carbons (Fsp3) is 0.917. The molecule has 0 radical (unpaired) electrons. The molecule has 1 saturated heterocycles. The van der Waals surface area contributed by atoms with Crippen LogP contribution >= 0.6 is 12.4 Å². The highest BCUT2D eigenvalue weighted by Crippen LogP contribution is 2.50. The predicted molar refractivity (Wildman–Crippen MR) is 69.6 cm³/mol. The van der Waals surface area contributed by atoms with E-state index in [1.165, 1.54) is 12.8 Å². The van der Waals surface area contributed by atoms with E-state index in [4.69, 9.17) is 4.74 Å². The van der Waals surface area contributed by atoms with E-state index in [1.54, 1.807) is 0 Å². The summed E-state index contributed by atoms with van der Waals surface area (Å²) < 4.78 is 5.25. The summed E-state index contributed by atoms with van der Waals surface area (Å²) in [6, 6.07) is 0.315. The van der Waals surface area contributed by atoms with Crippen molar-refractivity contribution < 1.29 is 9.53 Å². The molecular weight excluding hydrogens is 240 g/mol. The lowest BCUT2D eigenvalue weighted by atomic mass is 9.96. The van der Waals surface area contributed by atoms with Gasteiger partial charge in [-0.05, 0) is 46.6 Å². The molecule has 2 aliphatic rings. The van der Waals surface area contributed by atoms with Gasteiger partial charge in [-0.25, -0.2) is 4.79 Å². The molecule has 4 nitrogen and oxygen atoms in total. The van der Waals surface area contributed by atoms with Gasteiger partial charge in [0.15, 0.2) is 0 Å². The first-order valence-electron chi connectivity index (χ1n) is 6.12. The highest BCUT2D eigenvalue weighted by molar-refractivity contribution is 5.85. The number of carbonyl (C=O) groups excluding carboxylic acids is 1. The van der Waals surface area contributed by atoms with Gasteiger partial charge < -0.3 is 15.4 Å². The summed E-state index contributed by atoms with van der Waals surface area (Å²) in [5, 5.41) is 6.37. The van der Waals surface area contributed by atoms with Crippen molar-refractivity contribution in [3.63, 3.8) is 0 Å². The smallest absolute Gasteiger partial charge is 0.407 e. The number of ether oxygens (including phenoxy) is 1. The Bertz CT molecular complexity index is 283. The summed E-state index contributed by atoms with van der Waals surface area (Å²) in [5.74, 6) is 0. The van der Waals surface area contributed by atoms with E-state index in [0.717, 1.165) is 19.5 Å². The fourth-order valence-electron chi connectivity index (χ4n) is 2.46. The molecular formula is C12H23ClN2O2. The first kappa shape index (κ1) is 14.6. The molecule has 2 N–H and O–H groups in total. The maximum absolute atomic E-state index is 11.6. The zero-order valence-corrected chi connectivity index (χ0v) is 11.7.